The number of carbonyl (C=O) groups excluding carboxylic acids is 3. The van der Waals surface area contributed by atoms with E-state index in [4.69, 9.17) is 4.74 Å². The fourth-order valence-corrected chi connectivity index (χ4v) is 7.12. The Morgan fingerprint density at radius 2 is 1.57 bits per heavy atom. The molecule has 1 spiro atoms. The molecule has 0 radical (unpaired) electrons. The van der Waals surface area contributed by atoms with Gasteiger partial charge in [-0.05, 0) is 47.4 Å². The number of hydrogen-bond donors (Lipinski definition) is 1. The Morgan fingerprint density at radius 1 is 0.857 bits per heavy atom. The molecule has 0 bridgehead atoms. The van der Waals surface area contributed by atoms with Crippen LogP contribution in [0.15, 0.2) is 109 Å². The Labute approximate surface area is 244 Å². The molecule has 1 fully saturated rings. The van der Waals surface area contributed by atoms with Crippen LogP contribution >= 0.6 is 0 Å². The number of amides is 1. The minimum absolute atomic E-state index is 0.243. The Morgan fingerprint density at radius 3 is 2.40 bits per heavy atom. The van der Waals surface area contributed by atoms with E-state index in [-0.39, 0.29) is 17.5 Å². The van der Waals surface area contributed by atoms with E-state index in [0.717, 1.165) is 23.1 Å². The molecule has 0 aromatic heterocycles. The van der Waals surface area contributed by atoms with Crippen molar-refractivity contribution in [1.29, 1.82) is 0 Å². The van der Waals surface area contributed by atoms with Crippen LogP contribution in [-0.4, -0.2) is 35.0 Å². The number of ketones is 2. The minimum Gasteiger partial charge on any atom is -0.493 e. The van der Waals surface area contributed by atoms with E-state index in [2.05, 4.69) is 5.32 Å². The summed E-state index contributed by atoms with van der Waals surface area (Å²) in [5.74, 6) is -1.31. The number of hydrogen-bond acceptors (Lipinski definition) is 5. The van der Waals surface area contributed by atoms with Crippen LogP contribution in [0.2, 0.25) is 0 Å². The van der Waals surface area contributed by atoms with Gasteiger partial charge in [-0.2, -0.15) is 0 Å². The maximum absolute atomic E-state index is 14.9. The summed E-state index contributed by atoms with van der Waals surface area (Å²) in [6.45, 7) is 2.47. The Balaban J connectivity index is 1.52. The normalized spacial score (nSPS) is 23.2. The van der Waals surface area contributed by atoms with Crippen molar-refractivity contribution < 1.29 is 19.1 Å². The molecule has 0 saturated carbocycles. The standard InChI is InChI=1S/C36H30N2O4/c1-2-22-42-29-19-11-8-16-26(29)33(40)31-30(32(39)24-13-4-3-5-14-24)36(27-17-9-10-18-28(27)37-35(36)41)34-25-15-7-6-12-23(25)20-21-38(31)34/h3-21,30-31,34H,2,22H2,1H3,(H,37,41)/t30-,31+,34-,36-/m1/s1. The molecule has 1 saturated heterocycles. The minimum atomic E-state index is -1.36. The van der Waals surface area contributed by atoms with Crippen LogP contribution in [0.5, 0.6) is 5.75 Å². The van der Waals surface area contributed by atoms with Gasteiger partial charge in [0, 0.05) is 17.5 Å². The number of anilines is 1. The first-order valence-electron chi connectivity index (χ1n) is 14.4. The molecule has 208 valence electrons. The summed E-state index contributed by atoms with van der Waals surface area (Å²) < 4.78 is 6.01. The SMILES string of the molecule is CCCOc1ccccc1C(=O)[C@@H]1[C@H](C(=O)c2ccccc2)[C@@]2(C(=O)Nc3ccccc32)[C@H]2c3ccccc3C=CN12. The third-order valence-corrected chi connectivity index (χ3v) is 8.79. The van der Waals surface area contributed by atoms with Gasteiger partial charge in [0.1, 0.15) is 17.2 Å². The monoisotopic (exact) mass is 554 g/mol. The highest BCUT2D eigenvalue weighted by Gasteiger charge is 2.70. The number of carbonyl (C=O) groups is 3. The average Bonchev–Trinajstić information content (AvgIpc) is 3.52. The first-order chi connectivity index (χ1) is 20.6. The van der Waals surface area contributed by atoms with Crippen LogP contribution in [0.25, 0.3) is 6.08 Å². The van der Waals surface area contributed by atoms with E-state index in [1.165, 1.54) is 0 Å². The molecule has 6 heteroatoms. The van der Waals surface area contributed by atoms with E-state index < -0.39 is 23.4 Å². The van der Waals surface area contributed by atoms with E-state index in [0.29, 0.717) is 29.2 Å². The van der Waals surface area contributed by atoms with Crippen LogP contribution in [0.1, 0.15) is 56.8 Å². The molecule has 4 atom stereocenters. The maximum atomic E-state index is 14.9. The Kier molecular flexibility index (Phi) is 6.27. The third-order valence-electron chi connectivity index (χ3n) is 8.79. The average molecular weight is 555 g/mol. The summed E-state index contributed by atoms with van der Waals surface area (Å²) >= 11 is 0. The first-order valence-corrected chi connectivity index (χ1v) is 14.4. The molecule has 6 nitrogen and oxygen atoms in total. The number of nitrogens with one attached hydrogen (secondary N) is 1. The summed E-state index contributed by atoms with van der Waals surface area (Å²) in [6.07, 6.45) is 4.64. The lowest BCUT2D eigenvalue weighted by Gasteiger charge is -2.38. The molecule has 4 aromatic carbocycles. The number of para-hydroxylation sites is 2. The van der Waals surface area contributed by atoms with E-state index >= 15 is 0 Å². The molecule has 3 aliphatic rings. The predicted octanol–water partition coefficient (Wildman–Crippen LogP) is 6.46. The Bertz CT molecular complexity index is 1750. The number of rotatable bonds is 7. The van der Waals surface area contributed by atoms with Crippen molar-refractivity contribution in [2.24, 2.45) is 5.92 Å². The Hall–Kier alpha value is -4.97. The molecular weight excluding hydrogens is 524 g/mol. The second kappa shape index (κ2) is 10.1. The molecule has 3 aliphatic heterocycles. The quantitative estimate of drug-likeness (QED) is 0.266. The molecule has 1 amide bonds. The zero-order valence-corrected chi connectivity index (χ0v) is 23.2. The van der Waals surface area contributed by atoms with Crippen LogP contribution in [0.4, 0.5) is 5.69 Å². The fraction of sp³-hybridized carbons (Fsp3) is 0.194. The van der Waals surface area contributed by atoms with Crippen LogP contribution in [0, 0.1) is 5.92 Å². The van der Waals surface area contributed by atoms with E-state index in [1.807, 2.05) is 96.9 Å². The number of Topliss-reactive ketones (excluding diaryl/α,β-unsaturated/α-hetero) is 2. The van der Waals surface area contributed by atoms with Gasteiger partial charge >= 0.3 is 0 Å². The second-order valence-electron chi connectivity index (χ2n) is 11.0. The van der Waals surface area contributed by atoms with Gasteiger partial charge in [-0.25, -0.2) is 0 Å². The van der Waals surface area contributed by atoms with E-state index in [9.17, 15) is 14.4 Å². The van der Waals surface area contributed by atoms with Crippen molar-refractivity contribution in [1.82, 2.24) is 4.90 Å². The van der Waals surface area contributed by atoms with Gasteiger partial charge in [0.05, 0.1) is 24.1 Å². The number of ether oxygens (including phenoxy) is 1. The van der Waals surface area contributed by atoms with Crippen molar-refractivity contribution in [2.75, 3.05) is 11.9 Å². The number of nitrogens with zero attached hydrogens (tertiary/aromatic N) is 1. The molecule has 0 unspecified atom stereocenters. The largest absolute Gasteiger partial charge is 0.493 e. The van der Waals surface area contributed by atoms with Gasteiger partial charge in [-0.15, -0.1) is 0 Å². The molecule has 3 heterocycles. The lowest BCUT2D eigenvalue weighted by atomic mass is 9.62. The summed E-state index contributed by atoms with van der Waals surface area (Å²) in [7, 11) is 0. The molecule has 42 heavy (non-hydrogen) atoms. The van der Waals surface area contributed by atoms with Crippen LogP contribution in [-0.2, 0) is 10.2 Å². The summed E-state index contributed by atoms with van der Waals surface area (Å²) in [4.78, 5) is 46.2. The third kappa shape index (κ3) is 3.68. The highest BCUT2D eigenvalue weighted by molar-refractivity contribution is 6.17. The van der Waals surface area contributed by atoms with Gasteiger partial charge in [0.2, 0.25) is 5.91 Å². The topological polar surface area (TPSA) is 75.7 Å². The lowest BCUT2D eigenvalue weighted by molar-refractivity contribution is -0.122. The van der Waals surface area contributed by atoms with Crippen LogP contribution < -0.4 is 10.1 Å². The van der Waals surface area contributed by atoms with Gasteiger partial charge < -0.3 is 15.0 Å². The number of benzene rings is 4. The van der Waals surface area contributed by atoms with Gasteiger partial charge in [0.15, 0.2) is 11.6 Å². The first kappa shape index (κ1) is 26.0. The van der Waals surface area contributed by atoms with E-state index in [1.54, 1.807) is 30.3 Å². The van der Waals surface area contributed by atoms with Gasteiger partial charge in [-0.1, -0.05) is 91.9 Å². The summed E-state index contributed by atoms with van der Waals surface area (Å²) in [6, 6.07) is 30.1. The van der Waals surface area contributed by atoms with Crippen molar-refractivity contribution >= 4 is 29.2 Å². The molecule has 0 aliphatic carbocycles. The highest BCUT2D eigenvalue weighted by Crippen LogP contribution is 2.62. The van der Waals surface area contributed by atoms with Gasteiger partial charge in [-0.3, -0.25) is 14.4 Å². The molecule has 7 rings (SSSR count). The summed E-state index contributed by atoms with van der Waals surface area (Å²) in [5.41, 5.74) is 2.77. The highest BCUT2D eigenvalue weighted by atomic mass is 16.5. The summed E-state index contributed by atoms with van der Waals surface area (Å²) in [5, 5.41) is 3.09. The molecule has 1 N–H and O–H groups in total. The van der Waals surface area contributed by atoms with Crippen molar-refractivity contribution in [3.8, 4) is 5.75 Å². The lowest BCUT2D eigenvalue weighted by Crippen LogP contribution is -2.49. The number of fused-ring (bicyclic) bond motifs is 6. The van der Waals surface area contributed by atoms with Crippen LogP contribution in [0.3, 0.4) is 0 Å². The molecular formula is C36H30N2O4. The fourth-order valence-electron chi connectivity index (χ4n) is 7.12. The van der Waals surface area contributed by atoms with Gasteiger partial charge in [0.25, 0.3) is 0 Å². The zero-order valence-electron chi connectivity index (χ0n) is 23.2. The van der Waals surface area contributed by atoms with Crippen molar-refractivity contribution in [3.05, 3.63) is 137 Å². The smallest absolute Gasteiger partial charge is 0.238 e. The van der Waals surface area contributed by atoms with Crippen molar-refractivity contribution in [3.63, 3.8) is 0 Å². The predicted molar refractivity (Wildman–Crippen MR) is 161 cm³/mol. The second-order valence-corrected chi connectivity index (χ2v) is 11.0. The zero-order chi connectivity index (χ0) is 28.8. The maximum Gasteiger partial charge on any atom is 0.238 e. The van der Waals surface area contributed by atoms with Crippen molar-refractivity contribution in [2.45, 2.75) is 30.8 Å². The molecule has 4 aromatic rings.